The number of ether oxygens (including phenoxy) is 1. The minimum atomic E-state index is -0.571. The van der Waals surface area contributed by atoms with Gasteiger partial charge in [0.1, 0.15) is 10.8 Å². The number of aromatic nitrogens is 7. The molecule has 0 bridgehead atoms. The Hall–Kier alpha value is -4.83. The number of hydrogen-bond donors (Lipinski definition) is 3. The quantitative estimate of drug-likeness (QED) is 0.119. The van der Waals surface area contributed by atoms with Crippen LogP contribution >= 0.6 is 23.1 Å². The number of rotatable bonds is 11. The van der Waals surface area contributed by atoms with E-state index in [9.17, 15) is 4.79 Å². The molecule has 0 unspecified atom stereocenters. The van der Waals surface area contributed by atoms with Crippen molar-refractivity contribution in [2.45, 2.75) is 23.6 Å². The van der Waals surface area contributed by atoms with E-state index in [2.05, 4.69) is 46.7 Å². The number of benzene rings is 2. The molecular formula is C24H23N11O3S2. The first-order chi connectivity index (χ1) is 19.5. The van der Waals surface area contributed by atoms with Crippen LogP contribution in [0.4, 0.5) is 11.5 Å². The fourth-order valence-corrected chi connectivity index (χ4v) is 5.37. The first-order valence-electron chi connectivity index (χ1n) is 11.8. The molecule has 0 saturated carbocycles. The largest absolute Gasteiger partial charge is 0.496 e. The Morgan fingerprint density at radius 2 is 2.05 bits per heavy atom. The van der Waals surface area contributed by atoms with Crippen LogP contribution in [0.25, 0.3) is 5.82 Å². The molecule has 3 heterocycles. The summed E-state index contributed by atoms with van der Waals surface area (Å²) < 4.78 is 12.4. The van der Waals surface area contributed by atoms with Gasteiger partial charge in [-0.15, -0.1) is 15.3 Å². The molecule has 1 amide bonds. The number of para-hydroxylation sites is 1. The van der Waals surface area contributed by atoms with Gasteiger partial charge in [0.2, 0.25) is 11.6 Å². The summed E-state index contributed by atoms with van der Waals surface area (Å²) in [6.07, 6.45) is 1.53. The van der Waals surface area contributed by atoms with Gasteiger partial charge in [-0.1, -0.05) is 46.5 Å². The molecule has 4 N–H and O–H groups in total. The van der Waals surface area contributed by atoms with Crippen LogP contribution in [0, 0.1) is 6.92 Å². The fraction of sp³-hybridized carbons (Fsp3) is 0.167. The highest BCUT2D eigenvalue weighted by Gasteiger charge is 2.23. The molecule has 5 aromatic rings. The highest BCUT2D eigenvalue weighted by molar-refractivity contribution is 8.00. The lowest BCUT2D eigenvalue weighted by molar-refractivity contribution is 0.0949. The number of hydrogen-bond acceptors (Lipinski definition) is 14. The van der Waals surface area contributed by atoms with E-state index in [1.807, 2.05) is 55.5 Å². The first kappa shape index (κ1) is 26.8. The third-order valence-electron chi connectivity index (χ3n) is 5.45. The van der Waals surface area contributed by atoms with Crippen molar-refractivity contribution >= 4 is 46.7 Å². The Balaban J connectivity index is 1.31. The third-order valence-corrected chi connectivity index (χ3v) is 7.47. The van der Waals surface area contributed by atoms with Crippen LogP contribution in [0.1, 0.15) is 32.3 Å². The molecule has 0 aliphatic rings. The van der Waals surface area contributed by atoms with Crippen LogP contribution in [0.3, 0.4) is 0 Å². The number of thioether (sulfide) groups is 1. The molecule has 0 fully saturated rings. The molecule has 5 rings (SSSR count). The predicted molar refractivity (Wildman–Crippen MR) is 150 cm³/mol. The fourth-order valence-electron chi connectivity index (χ4n) is 3.57. The average Bonchev–Trinajstić information content (AvgIpc) is 3.70. The third kappa shape index (κ3) is 6.24. The number of nitrogens with one attached hydrogen (secondary N) is 2. The second-order valence-electron chi connectivity index (χ2n) is 8.14. The van der Waals surface area contributed by atoms with Gasteiger partial charge in [-0.3, -0.25) is 4.79 Å². The molecule has 16 heteroatoms. The second-order valence-corrected chi connectivity index (χ2v) is 10.5. The molecule has 0 aliphatic heterocycles. The number of carbonyl (C=O) groups is 1. The number of amides is 1. The summed E-state index contributed by atoms with van der Waals surface area (Å²) in [5.74, 6) is 0.923. The smallest absolute Gasteiger partial charge is 0.293 e. The maximum absolute atomic E-state index is 13.1. The van der Waals surface area contributed by atoms with Gasteiger partial charge >= 0.3 is 0 Å². The highest BCUT2D eigenvalue weighted by atomic mass is 32.2. The molecular weight excluding hydrogens is 554 g/mol. The summed E-state index contributed by atoms with van der Waals surface area (Å²) in [5, 5.41) is 31.9. The van der Waals surface area contributed by atoms with Crippen LogP contribution in [-0.4, -0.2) is 54.7 Å². The zero-order valence-electron chi connectivity index (χ0n) is 21.3. The van der Waals surface area contributed by atoms with Gasteiger partial charge in [0, 0.05) is 17.0 Å². The minimum Gasteiger partial charge on any atom is -0.496 e. The lowest BCUT2D eigenvalue weighted by Gasteiger charge is -2.09. The van der Waals surface area contributed by atoms with Crippen LogP contribution in [0.5, 0.6) is 5.75 Å². The SMILES string of the molecule is COc1ccc(C=NNC(=O)c2nnn(-c3nonc3N)c2CNc2ccccc2)cc1CSc1nnc(C)s1. The number of aryl methyl sites for hydroxylation is 1. The first-order valence-corrected chi connectivity index (χ1v) is 13.6. The summed E-state index contributed by atoms with van der Waals surface area (Å²) in [5.41, 5.74) is 11.3. The van der Waals surface area contributed by atoms with E-state index in [1.54, 1.807) is 18.9 Å². The lowest BCUT2D eigenvalue weighted by Crippen LogP contribution is -2.21. The van der Waals surface area contributed by atoms with Crippen molar-refractivity contribution in [1.82, 2.24) is 40.9 Å². The van der Waals surface area contributed by atoms with Crippen LogP contribution in [0.2, 0.25) is 0 Å². The van der Waals surface area contributed by atoms with Crippen molar-refractivity contribution in [1.29, 1.82) is 0 Å². The van der Waals surface area contributed by atoms with Gasteiger partial charge in [-0.2, -0.15) is 9.78 Å². The number of nitrogen functional groups attached to an aromatic ring is 1. The van der Waals surface area contributed by atoms with Crippen LogP contribution in [0.15, 0.2) is 62.6 Å². The Kier molecular flexibility index (Phi) is 8.26. The number of hydrazone groups is 1. The van der Waals surface area contributed by atoms with Gasteiger partial charge < -0.3 is 15.8 Å². The van der Waals surface area contributed by atoms with Crippen LogP contribution < -0.4 is 21.2 Å². The molecule has 0 radical (unpaired) electrons. The number of carbonyl (C=O) groups excluding carboxylic acids is 1. The maximum Gasteiger partial charge on any atom is 0.293 e. The molecule has 0 aliphatic carbocycles. The summed E-state index contributed by atoms with van der Waals surface area (Å²) in [6.45, 7) is 2.10. The average molecular weight is 578 g/mol. The summed E-state index contributed by atoms with van der Waals surface area (Å²) in [7, 11) is 1.62. The molecule has 3 aromatic heterocycles. The normalized spacial score (nSPS) is 11.2. The monoisotopic (exact) mass is 577 g/mol. The Labute approximate surface area is 236 Å². The van der Waals surface area contributed by atoms with E-state index >= 15 is 0 Å². The zero-order valence-corrected chi connectivity index (χ0v) is 22.9. The van der Waals surface area contributed by atoms with Gasteiger partial charge in [0.25, 0.3) is 5.91 Å². The molecule has 14 nitrogen and oxygen atoms in total. The Morgan fingerprint density at radius 3 is 2.77 bits per heavy atom. The number of nitrogens with zero attached hydrogens (tertiary/aromatic N) is 8. The molecule has 40 heavy (non-hydrogen) atoms. The number of anilines is 2. The summed E-state index contributed by atoms with van der Waals surface area (Å²) >= 11 is 3.10. The van der Waals surface area contributed by atoms with E-state index in [0.717, 1.165) is 31.9 Å². The predicted octanol–water partition coefficient (Wildman–Crippen LogP) is 3.07. The van der Waals surface area contributed by atoms with E-state index in [1.165, 1.54) is 22.2 Å². The Morgan fingerprint density at radius 1 is 1.20 bits per heavy atom. The number of methoxy groups -OCH3 is 1. The minimum absolute atomic E-state index is 0.00516. The zero-order chi connectivity index (χ0) is 27.9. The highest BCUT2D eigenvalue weighted by Crippen LogP contribution is 2.30. The van der Waals surface area contributed by atoms with E-state index in [4.69, 9.17) is 15.1 Å². The van der Waals surface area contributed by atoms with Crippen molar-refractivity contribution in [3.63, 3.8) is 0 Å². The Bertz CT molecular complexity index is 1630. The van der Waals surface area contributed by atoms with Crippen molar-refractivity contribution in [2.24, 2.45) is 5.10 Å². The van der Waals surface area contributed by atoms with Crippen molar-refractivity contribution in [3.8, 4) is 11.6 Å². The van der Waals surface area contributed by atoms with Gasteiger partial charge in [-0.05, 0) is 53.1 Å². The summed E-state index contributed by atoms with van der Waals surface area (Å²) in [6, 6.07) is 15.1. The molecule has 0 spiro atoms. The van der Waals surface area contributed by atoms with Crippen LogP contribution in [-0.2, 0) is 12.3 Å². The standard InChI is InChI=1S/C24H23N11O3S2/c1-14-28-31-24(40-14)39-13-16-10-15(8-9-19(16)37-2)11-27-30-23(36)20-18(12-26-17-6-4-3-5-7-17)35(34-29-20)22-21(25)32-38-33-22/h3-11,26H,12-13H2,1-2H3,(H2,25,32)(H,30,36). The number of nitrogens with two attached hydrogens (primary N) is 1. The molecule has 204 valence electrons. The van der Waals surface area contributed by atoms with Gasteiger partial charge in [0.15, 0.2) is 10.0 Å². The maximum atomic E-state index is 13.1. The van der Waals surface area contributed by atoms with Gasteiger partial charge in [0.05, 0.1) is 25.6 Å². The van der Waals surface area contributed by atoms with Gasteiger partial charge in [-0.25, -0.2) is 10.1 Å². The van der Waals surface area contributed by atoms with E-state index < -0.39 is 5.91 Å². The topological polar surface area (TPSA) is 184 Å². The van der Waals surface area contributed by atoms with E-state index in [0.29, 0.717) is 11.4 Å². The molecule has 0 saturated heterocycles. The second kappa shape index (κ2) is 12.4. The summed E-state index contributed by atoms with van der Waals surface area (Å²) in [4.78, 5) is 13.1. The lowest BCUT2D eigenvalue weighted by atomic mass is 10.1. The van der Waals surface area contributed by atoms with Crippen molar-refractivity contribution in [3.05, 3.63) is 76.1 Å². The van der Waals surface area contributed by atoms with Crippen molar-refractivity contribution < 1.29 is 14.2 Å². The molecule has 0 atom stereocenters. The van der Waals surface area contributed by atoms with Crippen molar-refractivity contribution in [2.75, 3.05) is 18.2 Å². The molecule has 2 aromatic carbocycles. The van der Waals surface area contributed by atoms with E-state index in [-0.39, 0.29) is 23.9 Å².